The van der Waals surface area contributed by atoms with E-state index in [0.717, 1.165) is 19.3 Å². The summed E-state index contributed by atoms with van der Waals surface area (Å²) in [5.74, 6) is -0.376. The SMILES string of the molecule is CO[C@H]1CCC[C@@H]1OC(=O)c1ccc(C(C)=O)cc1. The summed E-state index contributed by atoms with van der Waals surface area (Å²) in [5, 5.41) is 0. The third-order valence-corrected chi connectivity index (χ3v) is 3.48. The van der Waals surface area contributed by atoms with Gasteiger partial charge in [0.2, 0.25) is 0 Å². The fourth-order valence-corrected chi connectivity index (χ4v) is 2.34. The van der Waals surface area contributed by atoms with Crippen LogP contribution < -0.4 is 0 Å². The summed E-state index contributed by atoms with van der Waals surface area (Å²) in [6.07, 6.45) is 2.62. The van der Waals surface area contributed by atoms with Gasteiger partial charge in [0.25, 0.3) is 0 Å². The number of ether oxygens (including phenoxy) is 2. The largest absolute Gasteiger partial charge is 0.456 e. The van der Waals surface area contributed by atoms with E-state index in [2.05, 4.69) is 0 Å². The molecule has 0 spiro atoms. The zero-order chi connectivity index (χ0) is 13.8. The summed E-state index contributed by atoms with van der Waals surface area (Å²) in [4.78, 5) is 23.1. The lowest BCUT2D eigenvalue weighted by molar-refractivity contribution is -0.0206. The highest BCUT2D eigenvalue weighted by Gasteiger charge is 2.30. The minimum absolute atomic E-state index is 0.000410. The molecule has 4 nitrogen and oxygen atoms in total. The average molecular weight is 262 g/mol. The Morgan fingerprint density at radius 1 is 1.05 bits per heavy atom. The lowest BCUT2D eigenvalue weighted by Crippen LogP contribution is -2.27. The second-order valence-corrected chi connectivity index (χ2v) is 4.78. The van der Waals surface area contributed by atoms with Crippen LogP contribution in [0.2, 0.25) is 0 Å². The first-order valence-electron chi connectivity index (χ1n) is 6.46. The van der Waals surface area contributed by atoms with Crippen LogP contribution in [0, 0.1) is 0 Å². The monoisotopic (exact) mass is 262 g/mol. The molecule has 0 aliphatic heterocycles. The molecule has 1 aliphatic rings. The van der Waals surface area contributed by atoms with Gasteiger partial charge in [0.1, 0.15) is 6.10 Å². The van der Waals surface area contributed by atoms with Crippen molar-refractivity contribution in [3.63, 3.8) is 0 Å². The molecule has 19 heavy (non-hydrogen) atoms. The highest BCUT2D eigenvalue weighted by Crippen LogP contribution is 2.25. The molecule has 0 saturated heterocycles. The van der Waals surface area contributed by atoms with E-state index in [1.165, 1.54) is 6.92 Å². The molecule has 0 bridgehead atoms. The van der Waals surface area contributed by atoms with Gasteiger partial charge in [0.15, 0.2) is 5.78 Å². The Hall–Kier alpha value is -1.68. The lowest BCUT2D eigenvalue weighted by Gasteiger charge is -2.18. The van der Waals surface area contributed by atoms with Crippen molar-refractivity contribution >= 4 is 11.8 Å². The van der Waals surface area contributed by atoms with Gasteiger partial charge in [-0.25, -0.2) is 4.79 Å². The Morgan fingerprint density at radius 2 is 1.63 bits per heavy atom. The van der Waals surface area contributed by atoms with Crippen LogP contribution in [-0.4, -0.2) is 31.1 Å². The third kappa shape index (κ3) is 3.20. The molecule has 0 unspecified atom stereocenters. The molecule has 0 aromatic heterocycles. The van der Waals surface area contributed by atoms with Crippen LogP contribution in [0.5, 0.6) is 0 Å². The molecule has 0 N–H and O–H groups in total. The summed E-state index contributed by atoms with van der Waals surface area (Å²) >= 11 is 0. The summed E-state index contributed by atoms with van der Waals surface area (Å²) < 4.78 is 10.7. The van der Waals surface area contributed by atoms with E-state index >= 15 is 0 Å². The van der Waals surface area contributed by atoms with Gasteiger partial charge in [0, 0.05) is 12.7 Å². The van der Waals surface area contributed by atoms with E-state index in [-0.39, 0.29) is 24.0 Å². The Morgan fingerprint density at radius 3 is 2.21 bits per heavy atom. The van der Waals surface area contributed by atoms with E-state index in [4.69, 9.17) is 9.47 Å². The summed E-state index contributed by atoms with van der Waals surface area (Å²) in [7, 11) is 1.64. The first kappa shape index (κ1) is 13.7. The van der Waals surface area contributed by atoms with Crippen LogP contribution in [0.3, 0.4) is 0 Å². The predicted octanol–water partition coefficient (Wildman–Crippen LogP) is 2.61. The van der Waals surface area contributed by atoms with Gasteiger partial charge in [-0.05, 0) is 38.3 Å². The number of ketones is 1. The van der Waals surface area contributed by atoms with Gasteiger partial charge in [-0.3, -0.25) is 4.79 Å². The van der Waals surface area contributed by atoms with Gasteiger partial charge in [-0.1, -0.05) is 12.1 Å². The van der Waals surface area contributed by atoms with Crippen molar-refractivity contribution in [1.29, 1.82) is 0 Å². The molecular formula is C15H18O4. The molecule has 2 atom stereocenters. The standard InChI is InChI=1S/C15H18O4/c1-10(16)11-6-8-12(9-7-11)15(17)19-14-5-3-4-13(14)18-2/h6-9,13-14H,3-5H2,1-2H3/t13-,14-/m0/s1. The normalized spacial score (nSPS) is 22.2. The molecule has 4 heteroatoms. The summed E-state index contributed by atoms with van der Waals surface area (Å²) in [6.45, 7) is 1.50. The van der Waals surface area contributed by atoms with Crippen molar-refractivity contribution in [3.05, 3.63) is 35.4 Å². The van der Waals surface area contributed by atoms with Crippen LogP contribution in [0.4, 0.5) is 0 Å². The van der Waals surface area contributed by atoms with E-state index < -0.39 is 0 Å². The number of rotatable bonds is 4. The Kier molecular flexibility index (Phi) is 4.32. The van der Waals surface area contributed by atoms with E-state index in [9.17, 15) is 9.59 Å². The van der Waals surface area contributed by atoms with Crippen LogP contribution in [0.1, 0.15) is 46.9 Å². The topological polar surface area (TPSA) is 52.6 Å². The fourth-order valence-electron chi connectivity index (χ4n) is 2.34. The number of methoxy groups -OCH3 is 1. The molecule has 1 aromatic carbocycles. The first-order valence-corrected chi connectivity index (χ1v) is 6.46. The minimum Gasteiger partial charge on any atom is -0.456 e. The van der Waals surface area contributed by atoms with Crippen LogP contribution in [0.25, 0.3) is 0 Å². The third-order valence-electron chi connectivity index (χ3n) is 3.48. The van der Waals surface area contributed by atoms with Gasteiger partial charge < -0.3 is 9.47 Å². The molecule has 102 valence electrons. The van der Waals surface area contributed by atoms with Gasteiger partial charge in [-0.15, -0.1) is 0 Å². The van der Waals surface area contributed by atoms with Crippen molar-refractivity contribution < 1.29 is 19.1 Å². The van der Waals surface area contributed by atoms with E-state index in [1.54, 1.807) is 31.4 Å². The number of esters is 1. The molecule has 1 aliphatic carbocycles. The highest BCUT2D eigenvalue weighted by molar-refractivity contribution is 5.96. The molecular weight excluding hydrogens is 244 g/mol. The smallest absolute Gasteiger partial charge is 0.338 e. The molecule has 0 heterocycles. The van der Waals surface area contributed by atoms with Crippen molar-refractivity contribution in [1.82, 2.24) is 0 Å². The van der Waals surface area contributed by atoms with Crippen molar-refractivity contribution in [3.8, 4) is 0 Å². The molecule has 1 saturated carbocycles. The second kappa shape index (κ2) is 5.97. The average Bonchev–Trinajstić information content (AvgIpc) is 2.86. The molecule has 1 aromatic rings. The van der Waals surface area contributed by atoms with Gasteiger partial charge in [-0.2, -0.15) is 0 Å². The number of hydrogen-bond acceptors (Lipinski definition) is 4. The number of hydrogen-bond donors (Lipinski definition) is 0. The summed E-state index contributed by atoms with van der Waals surface area (Å²) in [5.41, 5.74) is 1.05. The highest BCUT2D eigenvalue weighted by atomic mass is 16.6. The van der Waals surface area contributed by atoms with Crippen molar-refractivity contribution in [2.45, 2.75) is 38.4 Å². The summed E-state index contributed by atoms with van der Waals surface area (Å²) in [6, 6.07) is 6.52. The lowest BCUT2D eigenvalue weighted by atomic mass is 10.1. The quantitative estimate of drug-likeness (QED) is 0.618. The molecule has 2 rings (SSSR count). The Labute approximate surface area is 112 Å². The van der Waals surface area contributed by atoms with Gasteiger partial charge >= 0.3 is 5.97 Å². The maximum absolute atomic E-state index is 12.0. The van der Waals surface area contributed by atoms with Crippen LogP contribution >= 0.6 is 0 Å². The number of benzene rings is 1. The van der Waals surface area contributed by atoms with Crippen LogP contribution in [0.15, 0.2) is 24.3 Å². The zero-order valence-corrected chi connectivity index (χ0v) is 11.2. The van der Waals surface area contributed by atoms with Crippen LogP contribution in [-0.2, 0) is 9.47 Å². The van der Waals surface area contributed by atoms with E-state index in [0.29, 0.717) is 11.1 Å². The maximum atomic E-state index is 12.0. The first-order chi connectivity index (χ1) is 9.11. The zero-order valence-electron chi connectivity index (χ0n) is 11.2. The van der Waals surface area contributed by atoms with Crippen molar-refractivity contribution in [2.75, 3.05) is 7.11 Å². The predicted molar refractivity (Wildman–Crippen MR) is 70.3 cm³/mol. The molecule has 0 amide bonds. The fraction of sp³-hybridized carbons (Fsp3) is 0.467. The van der Waals surface area contributed by atoms with Gasteiger partial charge in [0.05, 0.1) is 11.7 Å². The van der Waals surface area contributed by atoms with Crippen molar-refractivity contribution in [2.24, 2.45) is 0 Å². The maximum Gasteiger partial charge on any atom is 0.338 e. The Bertz CT molecular complexity index is 464. The minimum atomic E-state index is -0.357. The molecule has 0 radical (unpaired) electrons. The van der Waals surface area contributed by atoms with E-state index in [1.807, 2.05) is 0 Å². The number of Topliss-reactive ketones (excluding diaryl/α,β-unsaturated/α-hetero) is 1. The number of carbonyl (C=O) groups is 2. The number of carbonyl (C=O) groups excluding carboxylic acids is 2. The second-order valence-electron chi connectivity index (χ2n) is 4.78. The molecule has 1 fully saturated rings. The Balaban J connectivity index is 2.01.